The van der Waals surface area contributed by atoms with Gasteiger partial charge in [0, 0.05) is 30.3 Å². The summed E-state index contributed by atoms with van der Waals surface area (Å²) >= 11 is 3.56. The van der Waals surface area contributed by atoms with Gasteiger partial charge in [-0.1, -0.05) is 28.1 Å². The molecule has 118 valence electrons. The van der Waals surface area contributed by atoms with Crippen LogP contribution in [0.1, 0.15) is 30.9 Å². The van der Waals surface area contributed by atoms with Crippen LogP contribution in [-0.4, -0.2) is 45.3 Å². The van der Waals surface area contributed by atoms with Crippen LogP contribution in [0.5, 0.6) is 0 Å². The van der Waals surface area contributed by atoms with Gasteiger partial charge in [0.2, 0.25) is 0 Å². The first kappa shape index (κ1) is 16.9. The Morgan fingerprint density at radius 1 is 1.38 bits per heavy atom. The molecule has 0 spiro atoms. The van der Waals surface area contributed by atoms with Gasteiger partial charge >= 0.3 is 0 Å². The van der Waals surface area contributed by atoms with E-state index in [-0.39, 0.29) is 0 Å². The Hall–Kier alpha value is -0.420. The summed E-state index contributed by atoms with van der Waals surface area (Å²) in [5.74, 6) is 0.808. The van der Waals surface area contributed by atoms with Crippen LogP contribution in [0.15, 0.2) is 28.7 Å². The zero-order valence-corrected chi connectivity index (χ0v) is 14.7. The minimum atomic E-state index is 0.416. The highest BCUT2D eigenvalue weighted by molar-refractivity contribution is 9.10. The molecule has 3 nitrogen and oxygen atoms in total. The van der Waals surface area contributed by atoms with Gasteiger partial charge in [-0.3, -0.25) is 0 Å². The standard InChI is InChI=1S/C17H27BrN2O/c1-19-17(15-4-3-5-16(18)12-15)6-9-20(2)13-14-7-10-21-11-8-14/h3-5,12,14,17,19H,6-11,13H2,1-2H3. The lowest BCUT2D eigenvalue weighted by molar-refractivity contribution is 0.0553. The van der Waals surface area contributed by atoms with Crippen molar-refractivity contribution < 1.29 is 4.74 Å². The first-order chi connectivity index (χ1) is 10.2. The average Bonchev–Trinajstić information content (AvgIpc) is 2.49. The van der Waals surface area contributed by atoms with Crippen LogP contribution in [0.4, 0.5) is 0 Å². The van der Waals surface area contributed by atoms with E-state index in [0.29, 0.717) is 6.04 Å². The van der Waals surface area contributed by atoms with Crippen molar-refractivity contribution in [2.75, 3.05) is 40.4 Å². The average molecular weight is 355 g/mol. The lowest BCUT2D eigenvalue weighted by Crippen LogP contribution is -2.32. The highest BCUT2D eigenvalue weighted by Crippen LogP contribution is 2.21. The van der Waals surface area contributed by atoms with Crippen molar-refractivity contribution in [2.45, 2.75) is 25.3 Å². The van der Waals surface area contributed by atoms with E-state index in [1.807, 2.05) is 7.05 Å². The van der Waals surface area contributed by atoms with Crippen LogP contribution in [0.2, 0.25) is 0 Å². The fourth-order valence-corrected chi connectivity index (χ4v) is 3.43. The van der Waals surface area contributed by atoms with Crippen LogP contribution >= 0.6 is 15.9 Å². The zero-order valence-electron chi connectivity index (χ0n) is 13.1. The molecule has 1 saturated heterocycles. The quantitative estimate of drug-likeness (QED) is 0.811. The van der Waals surface area contributed by atoms with E-state index in [4.69, 9.17) is 4.74 Å². The number of nitrogens with one attached hydrogen (secondary N) is 1. The van der Waals surface area contributed by atoms with Gasteiger partial charge in [-0.25, -0.2) is 0 Å². The van der Waals surface area contributed by atoms with Crippen LogP contribution in [-0.2, 0) is 4.74 Å². The third kappa shape index (κ3) is 5.70. The smallest absolute Gasteiger partial charge is 0.0469 e. The van der Waals surface area contributed by atoms with E-state index in [1.165, 1.54) is 24.9 Å². The summed E-state index contributed by atoms with van der Waals surface area (Å²) in [6, 6.07) is 9.01. The molecule has 1 unspecified atom stereocenters. The largest absolute Gasteiger partial charge is 0.381 e. The Kier molecular flexibility index (Phi) is 7.17. The predicted molar refractivity (Wildman–Crippen MR) is 91.6 cm³/mol. The van der Waals surface area contributed by atoms with E-state index in [1.54, 1.807) is 0 Å². The maximum Gasteiger partial charge on any atom is 0.0469 e. The molecule has 0 amide bonds. The van der Waals surface area contributed by atoms with Crippen LogP contribution in [0.3, 0.4) is 0 Å². The fraction of sp³-hybridized carbons (Fsp3) is 0.647. The summed E-state index contributed by atoms with van der Waals surface area (Å²) in [6.07, 6.45) is 3.56. The third-order valence-corrected chi connectivity index (χ3v) is 4.80. The first-order valence-corrected chi connectivity index (χ1v) is 8.67. The molecule has 1 aliphatic rings. The van der Waals surface area contributed by atoms with Gasteiger partial charge in [0.15, 0.2) is 0 Å². The molecule has 2 rings (SSSR count). The number of hydrogen-bond donors (Lipinski definition) is 1. The number of hydrogen-bond acceptors (Lipinski definition) is 3. The molecule has 0 aromatic heterocycles. The molecule has 0 bridgehead atoms. The van der Waals surface area contributed by atoms with Gasteiger partial charge in [-0.05, 0) is 63.5 Å². The van der Waals surface area contributed by atoms with Crippen molar-refractivity contribution in [2.24, 2.45) is 5.92 Å². The second kappa shape index (κ2) is 8.89. The van der Waals surface area contributed by atoms with E-state index in [0.717, 1.165) is 36.6 Å². The van der Waals surface area contributed by atoms with Crippen molar-refractivity contribution >= 4 is 15.9 Å². The molecule has 0 aliphatic carbocycles. The maximum atomic E-state index is 5.43. The van der Waals surface area contributed by atoms with Crippen molar-refractivity contribution in [3.8, 4) is 0 Å². The lowest BCUT2D eigenvalue weighted by atomic mass is 9.99. The van der Waals surface area contributed by atoms with Gasteiger partial charge in [0.1, 0.15) is 0 Å². The van der Waals surface area contributed by atoms with Gasteiger partial charge in [-0.2, -0.15) is 0 Å². The second-order valence-corrected chi connectivity index (χ2v) is 6.92. The van der Waals surface area contributed by atoms with Crippen LogP contribution in [0.25, 0.3) is 0 Å². The molecule has 1 atom stereocenters. The van der Waals surface area contributed by atoms with Gasteiger partial charge < -0.3 is 15.0 Å². The summed E-state index contributed by atoms with van der Waals surface area (Å²) in [7, 11) is 4.28. The molecule has 1 aromatic carbocycles. The number of ether oxygens (including phenoxy) is 1. The predicted octanol–water partition coefficient (Wildman–Crippen LogP) is 3.46. The SMILES string of the molecule is CNC(CCN(C)CC1CCOCC1)c1cccc(Br)c1. The summed E-state index contributed by atoms with van der Waals surface area (Å²) in [5.41, 5.74) is 1.35. The van der Waals surface area contributed by atoms with Crippen molar-refractivity contribution in [1.29, 1.82) is 0 Å². The Morgan fingerprint density at radius 3 is 2.81 bits per heavy atom. The van der Waals surface area contributed by atoms with E-state index in [9.17, 15) is 0 Å². The summed E-state index contributed by atoms with van der Waals surface area (Å²) in [5, 5.41) is 3.44. The second-order valence-electron chi connectivity index (χ2n) is 6.00. The highest BCUT2D eigenvalue weighted by atomic mass is 79.9. The number of rotatable bonds is 7. The topological polar surface area (TPSA) is 24.5 Å². The molecule has 1 heterocycles. The Balaban J connectivity index is 1.79. The van der Waals surface area contributed by atoms with E-state index in [2.05, 4.69) is 57.5 Å². The zero-order chi connectivity index (χ0) is 15.1. The van der Waals surface area contributed by atoms with Crippen molar-refractivity contribution in [3.63, 3.8) is 0 Å². The normalized spacial score (nSPS) is 18.1. The molecule has 1 aromatic rings. The summed E-state index contributed by atoms with van der Waals surface area (Å²) in [4.78, 5) is 2.47. The monoisotopic (exact) mass is 354 g/mol. The van der Waals surface area contributed by atoms with E-state index >= 15 is 0 Å². The van der Waals surface area contributed by atoms with Gasteiger partial charge in [0.05, 0.1) is 0 Å². The molecule has 21 heavy (non-hydrogen) atoms. The van der Waals surface area contributed by atoms with Gasteiger partial charge in [0.25, 0.3) is 0 Å². The van der Waals surface area contributed by atoms with Crippen LogP contribution < -0.4 is 5.32 Å². The minimum absolute atomic E-state index is 0.416. The molecule has 0 saturated carbocycles. The molecule has 1 N–H and O–H groups in total. The number of nitrogens with zero attached hydrogens (tertiary/aromatic N) is 1. The molecular formula is C17H27BrN2O. The Labute approximate surface area is 137 Å². The number of benzene rings is 1. The van der Waals surface area contributed by atoms with Crippen molar-refractivity contribution in [3.05, 3.63) is 34.3 Å². The third-order valence-electron chi connectivity index (χ3n) is 4.31. The lowest BCUT2D eigenvalue weighted by Gasteiger charge is -2.28. The fourth-order valence-electron chi connectivity index (χ4n) is 3.01. The molecule has 1 fully saturated rings. The Bertz CT molecular complexity index is 421. The molecule has 4 heteroatoms. The highest BCUT2D eigenvalue weighted by Gasteiger charge is 2.17. The molecule has 1 aliphatic heterocycles. The first-order valence-electron chi connectivity index (χ1n) is 7.88. The maximum absolute atomic E-state index is 5.43. The van der Waals surface area contributed by atoms with Crippen LogP contribution in [0, 0.1) is 5.92 Å². The summed E-state index contributed by atoms with van der Waals surface area (Å²) < 4.78 is 6.58. The van der Waals surface area contributed by atoms with Crippen molar-refractivity contribution in [1.82, 2.24) is 10.2 Å². The van der Waals surface area contributed by atoms with E-state index < -0.39 is 0 Å². The van der Waals surface area contributed by atoms with Gasteiger partial charge in [-0.15, -0.1) is 0 Å². The minimum Gasteiger partial charge on any atom is -0.381 e. The molecule has 0 radical (unpaired) electrons. The number of halogens is 1. The molecular weight excluding hydrogens is 328 g/mol. The summed E-state index contributed by atoms with van der Waals surface area (Å²) in [6.45, 7) is 4.19. The Morgan fingerprint density at radius 2 is 2.14 bits per heavy atom.